The average Bonchev–Trinajstić information content (AvgIpc) is 2.92. The van der Waals surface area contributed by atoms with E-state index < -0.39 is 12.1 Å². The van der Waals surface area contributed by atoms with E-state index in [9.17, 15) is 14.4 Å². The first kappa shape index (κ1) is 14.8. The van der Waals surface area contributed by atoms with Gasteiger partial charge in [-0.25, -0.2) is 24.2 Å². The minimum absolute atomic E-state index is 0.0996. The minimum Gasteiger partial charge on any atom is -0.332 e. The number of unbranched alkanes of at least 4 members (excludes halogenated alkanes) is 1. The third kappa shape index (κ3) is 3.92. The van der Waals surface area contributed by atoms with Crippen LogP contribution in [-0.4, -0.2) is 41.2 Å². The van der Waals surface area contributed by atoms with E-state index in [2.05, 4.69) is 26.1 Å². The second-order valence-corrected chi connectivity index (χ2v) is 6.00. The number of nitrogens with two attached hydrogens (primary N) is 1. The lowest BCUT2D eigenvalue weighted by Gasteiger charge is -2.16. The third-order valence-corrected chi connectivity index (χ3v) is 4.78. The topological polar surface area (TPSA) is 120 Å². The number of carbonyl (C=O) groups is 3. The lowest BCUT2D eigenvalue weighted by molar-refractivity contribution is -0.230. The largest absolute Gasteiger partial charge is 0.447 e. The van der Waals surface area contributed by atoms with Gasteiger partial charge in [0, 0.05) is 11.0 Å². The van der Waals surface area contributed by atoms with E-state index in [1.807, 2.05) is 11.8 Å². The number of hydrogen-bond acceptors (Lipinski definition) is 6. The fourth-order valence-corrected chi connectivity index (χ4v) is 3.93. The molecular weight excluding hydrogens is 286 g/mol. The Kier molecular flexibility index (Phi) is 4.94. The molecule has 2 rings (SSSR count). The molecule has 0 aromatic rings. The van der Waals surface area contributed by atoms with Crippen LogP contribution in [0.15, 0.2) is 0 Å². The molecule has 20 heavy (non-hydrogen) atoms. The predicted octanol–water partition coefficient (Wildman–Crippen LogP) is 0.266. The zero-order valence-electron chi connectivity index (χ0n) is 10.8. The number of amides is 3. The highest BCUT2D eigenvalue weighted by molar-refractivity contribution is 8.00. The average molecular weight is 303 g/mol. The number of hydrogen-bond donors (Lipinski definition) is 3. The molecule has 2 heterocycles. The van der Waals surface area contributed by atoms with E-state index in [0.717, 1.165) is 18.6 Å². The van der Waals surface area contributed by atoms with Crippen LogP contribution in [0.2, 0.25) is 0 Å². The fraction of sp³-hybridized carbons (Fsp3) is 0.727. The molecule has 0 aromatic heterocycles. The van der Waals surface area contributed by atoms with Crippen LogP contribution in [0.25, 0.3) is 0 Å². The maximum Gasteiger partial charge on any atom is 0.447 e. The summed E-state index contributed by atoms with van der Waals surface area (Å²) in [6, 6.07) is 0.293. The first-order chi connectivity index (χ1) is 9.56. The third-order valence-electron chi connectivity index (χ3n) is 3.27. The molecule has 112 valence electrons. The Morgan fingerprint density at radius 3 is 2.85 bits per heavy atom. The van der Waals surface area contributed by atoms with Crippen LogP contribution in [0.4, 0.5) is 9.59 Å². The summed E-state index contributed by atoms with van der Waals surface area (Å²) < 4.78 is 0. The van der Waals surface area contributed by atoms with Gasteiger partial charge in [-0.05, 0) is 12.8 Å². The highest BCUT2D eigenvalue weighted by Crippen LogP contribution is 2.33. The quantitative estimate of drug-likeness (QED) is 0.290. The smallest absolute Gasteiger partial charge is 0.332 e. The minimum atomic E-state index is -1.14. The normalized spacial score (nSPS) is 27.4. The SMILES string of the molecule is NC(=O)OOC(=O)CCCC[C@H]1SC[C@H]2NC(=O)N[C@H]21. The molecule has 3 atom stereocenters. The van der Waals surface area contributed by atoms with Crippen LogP contribution in [0.1, 0.15) is 25.7 Å². The molecule has 0 spiro atoms. The first-order valence-electron chi connectivity index (χ1n) is 6.41. The van der Waals surface area contributed by atoms with Crippen molar-refractivity contribution in [1.82, 2.24) is 10.6 Å². The summed E-state index contributed by atoms with van der Waals surface area (Å²) in [6.07, 6.45) is 1.41. The molecule has 4 N–H and O–H groups in total. The molecular formula is C11H17N3O5S. The van der Waals surface area contributed by atoms with Gasteiger partial charge in [0.1, 0.15) is 0 Å². The van der Waals surface area contributed by atoms with Gasteiger partial charge in [0.05, 0.1) is 18.5 Å². The van der Waals surface area contributed by atoms with Crippen molar-refractivity contribution in [1.29, 1.82) is 0 Å². The number of thioether (sulfide) groups is 1. The molecule has 0 radical (unpaired) electrons. The standard InChI is InChI=1S/C11H17N3O5S/c12-10(16)19-18-8(15)4-2-1-3-7-9-6(5-20-7)13-11(17)14-9/h6-7,9H,1-5H2,(H2,12,16)(H2,13,14,17)/t6-,7-,9-/m1/s1. The molecule has 0 saturated carbocycles. The molecule has 8 nitrogen and oxygen atoms in total. The van der Waals surface area contributed by atoms with E-state index >= 15 is 0 Å². The van der Waals surface area contributed by atoms with E-state index in [0.29, 0.717) is 11.7 Å². The number of nitrogens with one attached hydrogen (secondary N) is 2. The second-order valence-electron chi connectivity index (χ2n) is 4.73. The van der Waals surface area contributed by atoms with Crippen LogP contribution in [0.5, 0.6) is 0 Å². The molecule has 0 aromatic carbocycles. The first-order valence-corrected chi connectivity index (χ1v) is 7.46. The van der Waals surface area contributed by atoms with Gasteiger partial charge in [-0.15, -0.1) is 0 Å². The summed E-state index contributed by atoms with van der Waals surface area (Å²) in [7, 11) is 0. The van der Waals surface area contributed by atoms with Crippen molar-refractivity contribution < 1.29 is 24.2 Å². The van der Waals surface area contributed by atoms with E-state index in [-0.39, 0.29) is 24.5 Å². The molecule has 0 unspecified atom stereocenters. The Hall–Kier alpha value is -1.64. The molecule has 2 aliphatic heterocycles. The lowest BCUT2D eigenvalue weighted by Crippen LogP contribution is -2.36. The highest BCUT2D eigenvalue weighted by atomic mass is 32.2. The Bertz CT molecular complexity index is 406. The Labute approximate surface area is 120 Å². The van der Waals surface area contributed by atoms with Gasteiger partial charge < -0.3 is 16.4 Å². The summed E-state index contributed by atoms with van der Waals surface area (Å²) in [5.74, 6) is 0.305. The van der Waals surface area contributed by atoms with Gasteiger partial charge in [-0.2, -0.15) is 11.8 Å². The summed E-state index contributed by atoms with van der Waals surface area (Å²) in [6.45, 7) is 0. The zero-order valence-corrected chi connectivity index (χ0v) is 11.6. The molecule has 0 bridgehead atoms. The maximum atomic E-state index is 11.2. The van der Waals surface area contributed by atoms with E-state index in [1.165, 1.54) is 0 Å². The number of carbonyl (C=O) groups excluding carboxylic acids is 3. The van der Waals surface area contributed by atoms with Crippen LogP contribution in [0.3, 0.4) is 0 Å². The van der Waals surface area contributed by atoms with Gasteiger partial charge >= 0.3 is 18.1 Å². The summed E-state index contributed by atoms with van der Waals surface area (Å²) in [4.78, 5) is 40.7. The van der Waals surface area contributed by atoms with Gasteiger partial charge in [0.25, 0.3) is 0 Å². The van der Waals surface area contributed by atoms with Crippen molar-refractivity contribution in [3.05, 3.63) is 0 Å². The van der Waals surface area contributed by atoms with Crippen molar-refractivity contribution in [3.8, 4) is 0 Å². The highest BCUT2D eigenvalue weighted by Gasteiger charge is 2.42. The number of rotatable bonds is 5. The fourth-order valence-electron chi connectivity index (χ4n) is 2.39. The molecule has 9 heteroatoms. The predicted molar refractivity (Wildman–Crippen MR) is 70.7 cm³/mol. The van der Waals surface area contributed by atoms with Gasteiger partial charge in [-0.3, -0.25) is 0 Å². The van der Waals surface area contributed by atoms with Gasteiger partial charge in [0.15, 0.2) is 0 Å². The number of fused-ring (bicyclic) bond motifs is 1. The monoisotopic (exact) mass is 303 g/mol. The van der Waals surface area contributed by atoms with E-state index in [1.54, 1.807) is 0 Å². The molecule has 0 aliphatic carbocycles. The van der Waals surface area contributed by atoms with Crippen molar-refractivity contribution in [2.75, 3.05) is 5.75 Å². The summed E-state index contributed by atoms with van der Waals surface area (Å²) >= 11 is 1.83. The molecule has 2 saturated heterocycles. The summed E-state index contributed by atoms with van der Waals surface area (Å²) in [5.41, 5.74) is 4.66. The van der Waals surface area contributed by atoms with E-state index in [4.69, 9.17) is 0 Å². The van der Waals surface area contributed by atoms with Crippen LogP contribution in [0, 0.1) is 0 Å². The Morgan fingerprint density at radius 2 is 2.10 bits per heavy atom. The lowest BCUT2D eigenvalue weighted by atomic mass is 10.0. The number of urea groups is 1. The van der Waals surface area contributed by atoms with Gasteiger partial charge in [0.2, 0.25) is 0 Å². The molecule has 2 aliphatic rings. The Balaban J connectivity index is 1.58. The summed E-state index contributed by atoms with van der Waals surface area (Å²) in [5, 5.41) is 6.16. The van der Waals surface area contributed by atoms with Crippen LogP contribution < -0.4 is 16.4 Å². The van der Waals surface area contributed by atoms with Crippen molar-refractivity contribution in [2.24, 2.45) is 5.73 Å². The number of primary amides is 1. The van der Waals surface area contributed by atoms with Crippen molar-refractivity contribution in [3.63, 3.8) is 0 Å². The van der Waals surface area contributed by atoms with Gasteiger partial charge in [-0.1, -0.05) is 6.42 Å². The molecule has 3 amide bonds. The van der Waals surface area contributed by atoms with Crippen LogP contribution >= 0.6 is 11.8 Å². The maximum absolute atomic E-state index is 11.2. The Morgan fingerprint density at radius 1 is 1.30 bits per heavy atom. The zero-order chi connectivity index (χ0) is 14.5. The second kappa shape index (κ2) is 6.69. The molecule has 2 fully saturated rings. The van der Waals surface area contributed by atoms with Crippen LogP contribution in [-0.2, 0) is 14.6 Å². The van der Waals surface area contributed by atoms with Crippen molar-refractivity contribution in [2.45, 2.75) is 43.0 Å². The van der Waals surface area contributed by atoms with Crippen molar-refractivity contribution >= 4 is 29.9 Å².